The first-order valence-corrected chi connectivity index (χ1v) is 9.42. The van der Waals surface area contributed by atoms with E-state index in [0.717, 1.165) is 6.42 Å². The van der Waals surface area contributed by atoms with E-state index in [0.29, 0.717) is 31.6 Å². The molecule has 1 atom stereocenters. The second-order valence-electron chi connectivity index (χ2n) is 6.32. The Morgan fingerprint density at radius 3 is 2.71 bits per heavy atom. The highest BCUT2D eigenvalue weighted by Gasteiger charge is 2.54. The monoisotopic (exact) mass is 354 g/mol. The molecule has 1 aromatic carbocycles. The van der Waals surface area contributed by atoms with Crippen LogP contribution in [0.15, 0.2) is 23.1 Å². The lowest BCUT2D eigenvalue weighted by Crippen LogP contribution is -2.44. The Morgan fingerprint density at radius 2 is 2.12 bits per heavy atom. The highest BCUT2D eigenvalue weighted by Crippen LogP contribution is 2.46. The van der Waals surface area contributed by atoms with Crippen LogP contribution < -0.4 is 10.1 Å². The van der Waals surface area contributed by atoms with E-state index in [-0.39, 0.29) is 16.5 Å². The summed E-state index contributed by atoms with van der Waals surface area (Å²) in [6.07, 6.45) is 2.66. The molecule has 8 heteroatoms. The standard InChI is InChI=1S/C16H22N2O5S/c1-17-15(19)12-10-11(5-6-13(12)23-2)24(21,22)18-9-3-4-14(18)16(20)7-8-16/h5-6,10,14,20H,3-4,7-9H2,1-2H3,(H,17,19). The van der Waals surface area contributed by atoms with Gasteiger partial charge >= 0.3 is 0 Å². The number of carbonyl (C=O) groups is 1. The minimum Gasteiger partial charge on any atom is -0.496 e. The zero-order valence-electron chi connectivity index (χ0n) is 13.8. The number of benzene rings is 1. The predicted molar refractivity (Wildman–Crippen MR) is 87.5 cm³/mol. The van der Waals surface area contributed by atoms with Crippen LogP contribution in [0.3, 0.4) is 0 Å². The van der Waals surface area contributed by atoms with Crippen molar-refractivity contribution in [1.29, 1.82) is 0 Å². The van der Waals surface area contributed by atoms with Gasteiger partial charge in [0.15, 0.2) is 0 Å². The number of aliphatic hydroxyl groups is 1. The van der Waals surface area contributed by atoms with Gasteiger partial charge in [0.05, 0.1) is 29.2 Å². The maximum atomic E-state index is 13.0. The van der Waals surface area contributed by atoms with Gasteiger partial charge in [-0.1, -0.05) is 0 Å². The van der Waals surface area contributed by atoms with Crippen LogP contribution >= 0.6 is 0 Å². The first-order chi connectivity index (χ1) is 11.3. The molecule has 2 N–H and O–H groups in total. The van der Waals surface area contributed by atoms with Gasteiger partial charge in [-0.3, -0.25) is 4.79 Å². The van der Waals surface area contributed by atoms with Gasteiger partial charge in [-0.15, -0.1) is 0 Å². The Labute approximate surface area is 141 Å². The zero-order chi connectivity index (χ0) is 17.5. The quantitative estimate of drug-likeness (QED) is 0.813. The second kappa shape index (κ2) is 6.02. The molecule has 3 rings (SSSR count). The Morgan fingerprint density at radius 1 is 1.42 bits per heavy atom. The third-order valence-electron chi connectivity index (χ3n) is 4.84. The van der Waals surface area contributed by atoms with Gasteiger partial charge in [-0.05, 0) is 43.9 Å². The lowest BCUT2D eigenvalue weighted by atomic mass is 10.1. The first-order valence-electron chi connectivity index (χ1n) is 7.98. The van der Waals surface area contributed by atoms with E-state index >= 15 is 0 Å². The number of ether oxygens (including phenoxy) is 1. The fourth-order valence-electron chi connectivity index (χ4n) is 3.32. The predicted octanol–water partition coefficient (Wildman–Crippen LogP) is 0.733. The van der Waals surface area contributed by atoms with Crippen molar-refractivity contribution in [3.8, 4) is 5.75 Å². The van der Waals surface area contributed by atoms with Crippen LogP contribution in [0, 0.1) is 0 Å². The highest BCUT2D eigenvalue weighted by molar-refractivity contribution is 7.89. The number of amides is 1. The molecule has 1 saturated carbocycles. The summed E-state index contributed by atoms with van der Waals surface area (Å²) in [7, 11) is -0.883. The van der Waals surface area contributed by atoms with E-state index in [1.165, 1.54) is 36.7 Å². The molecule has 7 nitrogen and oxygen atoms in total. The topological polar surface area (TPSA) is 95.9 Å². The second-order valence-corrected chi connectivity index (χ2v) is 8.21. The number of sulfonamides is 1. The van der Waals surface area contributed by atoms with E-state index in [2.05, 4.69) is 5.32 Å². The van der Waals surface area contributed by atoms with E-state index < -0.39 is 21.5 Å². The minimum atomic E-state index is -3.78. The number of nitrogens with zero attached hydrogens (tertiary/aromatic N) is 1. The molecule has 1 unspecified atom stereocenters. The van der Waals surface area contributed by atoms with Crippen molar-refractivity contribution in [1.82, 2.24) is 9.62 Å². The average Bonchev–Trinajstić information content (AvgIpc) is 3.13. The molecule has 0 spiro atoms. The first kappa shape index (κ1) is 17.2. The zero-order valence-corrected chi connectivity index (χ0v) is 14.6. The van der Waals surface area contributed by atoms with E-state index in [9.17, 15) is 18.3 Å². The van der Waals surface area contributed by atoms with Gasteiger partial charge in [0.2, 0.25) is 10.0 Å². The van der Waals surface area contributed by atoms with Crippen molar-refractivity contribution in [2.45, 2.75) is 42.2 Å². The fraction of sp³-hybridized carbons (Fsp3) is 0.562. The number of hydrogen-bond acceptors (Lipinski definition) is 5. The van der Waals surface area contributed by atoms with Crippen LogP contribution in [0.25, 0.3) is 0 Å². The highest BCUT2D eigenvalue weighted by atomic mass is 32.2. The van der Waals surface area contributed by atoms with Gasteiger partial charge in [0, 0.05) is 13.6 Å². The number of hydrogen-bond donors (Lipinski definition) is 2. The molecule has 24 heavy (non-hydrogen) atoms. The molecule has 1 aromatic rings. The van der Waals surface area contributed by atoms with Gasteiger partial charge < -0.3 is 15.2 Å². The maximum Gasteiger partial charge on any atom is 0.254 e. The molecule has 2 aliphatic rings. The average molecular weight is 354 g/mol. The molecule has 1 amide bonds. The molecule has 0 bridgehead atoms. The van der Waals surface area contributed by atoms with Crippen LogP contribution in [-0.4, -0.2) is 56.1 Å². The summed E-state index contributed by atoms with van der Waals surface area (Å²) in [4.78, 5) is 12.0. The van der Waals surface area contributed by atoms with E-state index in [1.807, 2.05) is 0 Å². The van der Waals surface area contributed by atoms with Gasteiger partial charge in [-0.2, -0.15) is 4.31 Å². The van der Waals surface area contributed by atoms with Crippen LogP contribution in [0.5, 0.6) is 5.75 Å². The number of carbonyl (C=O) groups excluding carboxylic acids is 1. The Kier molecular flexibility index (Phi) is 4.31. The van der Waals surface area contributed by atoms with E-state index in [1.54, 1.807) is 0 Å². The largest absolute Gasteiger partial charge is 0.496 e. The molecule has 1 aliphatic carbocycles. The van der Waals surface area contributed by atoms with Crippen molar-refractivity contribution >= 4 is 15.9 Å². The third-order valence-corrected chi connectivity index (χ3v) is 6.74. The van der Waals surface area contributed by atoms with Gasteiger partial charge in [0.1, 0.15) is 5.75 Å². The number of nitrogens with one attached hydrogen (secondary N) is 1. The van der Waals surface area contributed by atoms with Crippen LogP contribution in [0.2, 0.25) is 0 Å². The molecule has 2 fully saturated rings. The van der Waals surface area contributed by atoms with Crippen LogP contribution in [-0.2, 0) is 10.0 Å². The third kappa shape index (κ3) is 2.78. The van der Waals surface area contributed by atoms with Crippen LogP contribution in [0.4, 0.5) is 0 Å². The van der Waals surface area contributed by atoms with Crippen molar-refractivity contribution < 1.29 is 23.1 Å². The summed E-state index contributed by atoms with van der Waals surface area (Å²) in [6.45, 7) is 0.386. The molecule has 0 radical (unpaired) electrons. The number of methoxy groups -OCH3 is 1. The van der Waals surface area contributed by atoms with Crippen molar-refractivity contribution in [3.63, 3.8) is 0 Å². The van der Waals surface area contributed by atoms with Crippen molar-refractivity contribution in [2.24, 2.45) is 0 Å². The maximum absolute atomic E-state index is 13.0. The lowest BCUT2D eigenvalue weighted by Gasteiger charge is -2.28. The van der Waals surface area contributed by atoms with Crippen LogP contribution in [0.1, 0.15) is 36.0 Å². The summed E-state index contributed by atoms with van der Waals surface area (Å²) in [5.74, 6) is -0.102. The summed E-state index contributed by atoms with van der Waals surface area (Å²) < 4.78 is 32.6. The van der Waals surface area contributed by atoms with Gasteiger partial charge in [-0.25, -0.2) is 8.42 Å². The summed E-state index contributed by atoms with van der Waals surface area (Å²) in [5.41, 5.74) is -0.721. The summed E-state index contributed by atoms with van der Waals surface area (Å²) in [6, 6.07) is 3.87. The molecular formula is C16H22N2O5S. The molecular weight excluding hydrogens is 332 g/mol. The molecule has 132 valence electrons. The Hall–Kier alpha value is -1.64. The van der Waals surface area contributed by atoms with Crippen molar-refractivity contribution in [2.75, 3.05) is 20.7 Å². The molecule has 1 aliphatic heterocycles. The van der Waals surface area contributed by atoms with Crippen molar-refractivity contribution in [3.05, 3.63) is 23.8 Å². The molecule has 1 saturated heterocycles. The smallest absolute Gasteiger partial charge is 0.254 e. The van der Waals surface area contributed by atoms with Gasteiger partial charge in [0.25, 0.3) is 5.91 Å². The van der Waals surface area contributed by atoms with E-state index in [4.69, 9.17) is 4.74 Å². The fourth-order valence-corrected chi connectivity index (χ4v) is 5.10. The minimum absolute atomic E-state index is 0.0399. The molecule has 0 aromatic heterocycles. The normalized spacial score (nSPS) is 23.0. The lowest BCUT2D eigenvalue weighted by molar-refractivity contribution is 0.0825. The Balaban J connectivity index is 1.99. The molecule has 1 heterocycles. The number of rotatable bonds is 5. The Bertz CT molecular complexity index is 758. The summed E-state index contributed by atoms with van der Waals surface area (Å²) >= 11 is 0. The summed E-state index contributed by atoms with van der Waals surface area (Å²) in [5, 5.41) is 12.9. The SMILES string of the molecule is CNC(=O)c1cc(S(=O)(=O)N2CCCC2C2(O)CC2)ccc1OC.